The van der Waals surface area contributed by atoms with E-state index in [0.717, 1.165) is 18.6 Å². The average Bonchev–Trinajstić information content (AvgIpc) is 2.82. The fourth-order valence-corrected chi connectivity index (χ4v) is 2.59. The minimum atomic E-state index is 0.0647. The highest BCUT2D eigenvalue weighted by molar-refractivity contribution is 5.78. The topological polar surface area (TPSA) is 54.3 Å². The van der Waals surface area contributed by atoms with Crippen molar-refractivity contribution in [3.63, 3.8) is 0 Å². The van der Waals surface area contributed by atoms with E-state index in [1.807, 2.05) is 19.1 Å². The number of hydrogen-bond acceptors (Lipinski definition) is 3. The first kappa shape index (κ1) is 14.1. The van der Waals surface area contributed by atoms with E-state index in [9.17, 15) is 4.79 Å². The molecule has 1 aliphatic carbocycles. The molecule has 4 heteroatoms. The molecule has 2 rings (SSSR count). The van der Waals surface area contributed by atoms with Gasteiger partial charge in [-0.1, -0.05) is 25.7 Å². The lowest BCUT2D eigenvalue weighted by molar-refractivity contribution is -0.121. The molecular weight excluding hydrogens is 240 g/mol. The molecule has 1 fully saturated rings. The third-order valence-corrected chi connectivity index (χ3v) is 3.76. The van der Waals surface area contributed by atoms with Crippen molar-refractivity contribution in [3.05, 3.63) is 24.2 Å². The normalized spacial score (nSPS) is 18.8. The van der Waals surface area contributed by atoms with Gasteiger partial charge in [0, 0.05) is 6.04 Å². The Morgan fingerprint density at radius 1 is 1.37 bits per heavy atom. The Labute approximate surface area is 114 Å². The Balaban J connectivity index is 1.69. The third-order valence-electron chi connectivity index (χ3n) is 3.76. The van der Waals surface area contributed by atoms with Gasteiger partial charge in [-0.3, -0.25) is 10.1 Å². The number of carbonyl (C=O) groups is 1. The minimum absolute atomic E-state index is 0.0647. The lowest BCUT2D eigenvalue weighted by Gasteiger charge is -2.17. The SMILES string of the molecule is C[C@H](NCC(=O)NC1CCCCCC1)c1ccco1. The van der Waals surface area contributed by atoms with Gasteiger partial charge in [0.15, 0.2) is 0 Å². The predicted molar refractivity (Wildman–Crippen MR) is 74.8 cm³/mol. The van der Waals surface area contributed by atoms with Crippen LogP contribution in [0.2, 0.25) is 0 Å². The standard InChI is InChI=1S/C15H24N2O2/c1-12(14-9-6-10-19-14)16-11-15(18)17-13-7-4-2-3-5-8-13/h6,9-10,12-13,16H,2-5,7-8,11H2,1H3,(H,17,18)/t12-/m0/s1. The monoisotopic (exact) mass is 264 g/mol. The van der Waals surface area contributed by atoms with Crippen LogP contribution in [-0.4, -0.2) is 18.5 Å². The molecule has 1 heterocycles. The van der Waals surface area contributed by atoms with Crippen molar-refractivity contribution in [2.45, 2.75) is 57.5 Å². The molecule has 0 bridgehead atoms. The molecule has 1 aliphatic rings. The van der Waals surface area contributed by atoms with E-state index in [2.05, 4.69) is 10.6 Å². The summed E-state index contributed by atoms with van der Waals surface area (Å²) in [6.45, 7) is 2.34. The number of rotatable bonds is 5. The fraction of sp³-hybridized carbons (Fsp3) is 0.667. The Morgan fingerprint density at radius 2 is 2.11 bits per heavy atom. The summed E-state index contributed by atoms with van der Waals surface area (Å²) in [6.07, 6.45) is 8.99. The van der Waals surface area contributed by atoms with Crippen molar-refractivity contribution in [1.29, 1.82) is 0 Å². The van der Waals surface area contributed by atoms with E-state index >= 15 is 0 Å². The van der Waals surface area contributed by atoms with Crippen LogP contribution in [0.1, 0.15) is 57.3 Å². The highest BCUT2D eigenvalue weighted by Crippen LogP contribution is 2.17. The second-order valence-corrected chi connectivity index (χ2v) is 5.37. The zero-order valence-electron chi connectivity index (χ0n) is 11.7. The molecule has 0 unspecified atom stereocenters. The van der Waals surface area contributed by atoms with E-state index in [-0.39, 0.29) is 11.9 Å². The van der Waals surface area contributed by atoms with Crippen molar-refractivity contribution in [1.82, 2.24) is 10.6 Å². The van der Waals surface area contributed by atoms with Gasteiger partial charge in [0.1, 0.15) is 5.76 Å². The summed E-state index contributed by atoms with van der Waals surface area (Å²) in [5.41, 5.74) is 0. The first-order chi connectivity index (χ1) is 9.25. The van der Waals surface area contributed by atoms with Crippen LogP contribution >= 0.6 is 0 Å². The lowest BCUT2D eigenvalue weighted by Crippen LogP contribution is -2.40. The molecule has 4 nitrogen and oxygen atoms in total. The molecular formula is C15H24N2O2. The van der Waals surface area contributed by atoms with E-state index < -0.39 is 0 Å². The third kappa shape index (κ3) is 4.71. The largest absolute Gasteiger partial charge is 0.468 e. The van der Waals surface area contributed by atoms with Crippen LogP contribution in [0.3, 0.4) is 0 Å². The molecule has 0 saturated heterocycles. The van der Waals surface area contributed by atoms with E-state index in [1.54, 1.807) is 6.26 Å². The zero-order chi connectivity index (χ0) is 13.5. The number of nitrogens with one attached hydrogen (secondary N) is 2. The van der Waals surface area contributed by atoms with Crippen molar-refractivity contribution in [2.75, 3.05) is 6.54 Å². The molecule has 2 N–H and O–H groups in total. The second kappa shape index (κ2) is 7.34. The summed E-state index contributed by atoms with van der Waals surface area (Å²) in [6, 6.07) is 4.21. The quantitative estimate of drug-likeness (QED) is 0.804. The zero-order valence-corrected chi connectivity index (χ0v) is 11.7. The summed E-state index contributed by atoms with van der Waals surface area (Å²) >= 11 is 0. The molecule has 1 aromatic heterocycles. The van der Waals surface area contributed by atoms with Crippen LogP contribution in [0.25, 0.3) is 0 Å². The summed E-state index contributed by atoms with van der Waals surface area (Å²) in [5, 5.41) is 6.31. The highest BCUT2D eigenvalue weighted by atomic mass is 16.3. The second-order valence-electron chi connectivity index (χ2n) is 5.37. The Hall–Kier alpha value is -1.29. The first-order valence-corrected chi connectivity index (χ1v) is 7.32. The Kier molecular flexibility index (Phi) is 5.45. The van der Waals surface area contributed by atoms with Crippen LogP contribution in [-0.2, 0) is 4.79 Å². The summed E-state index contributed by atoms with van der Waals surface area (Å²) in [5.74, 6) is 0.951. The maximum absolute atomic E-state index is 11.9. The van der Waals surface area contributed by atoms with Crippen LogP contribution < -0.4 is 10.6 Å². The van der Waals surface area contributed by atoms with Gasteiger partial charge in [-0.05, 0) is 31.9 Å². The van der Waals surface area contributed by atoms with Crippen LogP contribution in [0.4, 0.5) is 0 Å². The molecule has 106 valence electrons. The fourth-order valence-electron chi connectivity index (χ4n) is 2.59. The van der Waals surface area contributed by atoms with Crippen LogP contribution in [0, 0.1) is 0 Å². The number of amides is 1. The van der Waals surface area contributed by atoms with Gasteiger partial charge >= 0.3 is 0 Å². The number of hydrogen-bond donors (Lipinski definition) is 2. The summed E-state index contributed by atoms with van der Waals surface area (Å²) in [4.78, 5) is 11.9. The summed E-state index contributed by atoms with van der Waals surface area (Å²) in [7, 11) is 0. The van der Waals surface area contributed by atoms with E-state index in [0.29, 0.717) is 12.6 Å². The van der Waals surface area contributed by atoms with Gasteiger partial charge in [0.2, 0.25) is 5.91 Å². The van der Waals surface area contributed by atoms with Crippen molar-refractivity contribution < 1.29 is 9.21 Å². The van der Waals surface area contributed by atoms with Crippen LogP contribution in [0.5, 0.6) is 0 Å². The van der Waals surface area contributed by atoms with Gasteiger partial charge in [0.05, 0.1) is 18.8 Å². The Bertz CT molecular complexity index is 368. The molecule has 1 atom stereocenters. The molecule has 0 radical (unpaired) electrons. The molecule has 0 aromatic carbocycles. The highest BCUT2D eigenvalue weighted by Gasteiger charge is 2.15. The molecule has 0 spiro atoms. The average molecular weight is 264 g/mol. The lowest BCUT2D eigenvalue weighted by atomic mass is 10.1. The van der Waals surface area contributed by atoms with Crippen molar-refractivity contribution >= 4 is 5.91 Å². The molecule has 19 heavy (non-hydrogen) atoms. The van der Waals surface area contributed by atoms with Crippen LogP contribution in [0.15, 0.2) is 22.8 Å². The van der Waals surface area contributed by atoms with E-state index in [1.165, 1.54) is 25.7 Å². The maximum atomic E-state index is 11.9. The van der Waals surface area contributed by atoms with Gasteiger partial charge in [-0.15, -0.1) is 0 Å². The van der Waals surface area contributed by atoms with Crippen molar-refractivity contribution in [2.24, 2.45) is 0 Å². The van der Waals surface area contributed by atoms with Gasteiger partial charge in [0.25, 0.3) is 0 Å². The minimum Gasteiger partial charge on any atom is -0.468 e. The smallest absolute Gasteiger partial charge is 0.234 e. The maximum Gasteiger partial charge on any atom is 0.234 e. The van der Waals surface area contributed by atoms with Gasteiger partial charge in [-0.25, -0.2) is 0 Å². The van der Waals surface area contributed by atoms with Gasteiger partial charge in [-0.2, -0.15) is 0 Å². The molecule has 1 aromatic rings. The van der Waals surface area contributed by atoms with Gasteiger partial charge < -0.3 is 9.73 Å². The predicted octanol–water partition coefficient (Wildman–Crippen LogP) is 2.77. The first-order valence-electron chi connectivity index (χ1n) is 7.32. The van der Waals surface area contributed by atoms with E-state index in [4.69, 9.17) is 4.42 Å². The number of furan rings is 1. The molecule has 1 amide bonds. The molecule has 0 aliphatic heterocycles. The summed E-state index contributed by atoms with van der Waals surface area (Å²) < 4.78 is 5.30. The molecule has 1 saturated carbocycles. The van der Waals surface area contributed by atoms with Crippen molar-refractivity contribution in [3.8, 4) is 0 Å². The Morgan fingerprint density at radius 3 is 2.74 bits per heavy atom. The number of carbonyl (C=O) groups excluding carboxylic acids is 1.